The molecule has 15 heavy (non-hydrogen) atoms. The minimum Gasteiger partial charge on any atom is -0.496 e. The van der Waals surface area contributed by atoms with E-state index in [1.165, 1.54) is 0 Å². The van der Waals surface area contributed by atoms with Crippen LogP contribution in [0.5, 0.6) is 5.75 Å². The fourth-order valence-corrected chi connectivity index (χ4v) is 2.30. The van der Waals surface area contributed by atoms with E-state index in [9.17, 15) is 4.39 Å². The Balaban J connectivity index is 2.63. The third-order valence-electron chi connectivity index (χ3n) is 2.92. The molecular formula is C11H13BrFNO. The molecule has 2 nitrogen and oxygen atoms in total. The summed E-state index contributed by atoms with van der Waals surface area (Å²) in [7, 11) is 1.55. The van der Waals surface area contributed by atoms with Gasteiger partial charge in [0.1, 0.15) is 11.6 Å². The second kappa shape index (κ2) is 3.46. The zero-order valence-corrected chi connectivity index (χ0v) is 10.3. The minimum absolute atomic E-state index is 0.278. The highest BCUT2D eigenvalue weighted by atomic mass is 79.9. The number of methoxy groups -OCH3 is 1. The predicted molar refractivity (Wildman–Crippen MR) is 60.5 cm³/mol. The van der Waals surface area contributed by atoms with Crippen molar-refractivity contribution >= 4 is 15.9 Å². The van der Waals surface area contributed by atoms with E-state index in [1.54, 1.807) is 20.1 Å². The van der Waals surface area contributed by atoms with Gasteiger partial charge in [-0.05, 0) is 41.8 Å². The number of rotatable bonds is 2. The summed E-state index contributed by atoms with van der Waals surface area (Å²) in [4.78, 5) is 0. The van der Waals surface area contributed by atoms with Crippen LogP contribution in [0.25, 0.3) is 0 Å². The highest BCUT2D eigenvalue weighted by molar-refractivity contribution is 9.10. The van der Waals surface area contributed by atoms with Gasteiger partial charge in [-0.2, -0.15) is 0 Å². The molecule has 1 aliphatic carbocycles. The Labute approximate surface area is 96.7 Å². The van der Waals surface area contributed by atoms with Gasteiger partial charge >= 0.3 is 0 Å². The Morgan fingerprint density at radius 1 is 1.53 bits per heavy atom. The summed E-state index contributed by atoms with van der Waals surface area (Å²) in [5, 5.41) is 0. The fourth-order valence-electron chi connectivity index (χ4n) is 1.77. The van der Waals surface area contributed by atoms with E-state index in [0.717, 1.165) is 18.4 Å². The number of hydrogen-bond donors (Lipinski definition) is 1. The summed E-state index contributed by atoms with van der Waals surface area (Å²) in [6.07, 6.45) is 1.86. The molecule has 2 rings (SSSR count). The molecule has 0 aromatic heterocycles. The van der Waals surface area contributed by atoms with E-state index >= 15 is 0 Å². The molecule has 1 fully saturated rings. The summed E-state index contributed by atoms with van der Waals surface area (Å²) in [5.41, 5.74) is 7.21. The molecule has 0 radical (unpaired) electrons. The molecule has 0 amide bonds. The van der Waals surface area contributed by atoms with Crippen molar-refractivity contribution in [1.29, 1.82) is 0 Å². The number of ether oxygens (including phenoxy) is 1. The molecule has 1 aromatic carbocycles. The van der Waals surface area contributed by atoms with Crippen molar-refractivity contribution in [2.24, 2.45) is 5.73 Å². The molecule has 2 N–H and O–H groups in total. The lowest BCUT2D eigenvalue weighted by molar-refractivity contribution is 0.396. The van der Waals surface area contributed by atoms with E-state index in [4.69, 9.17) is 10.5 Å². The lowest BCUT2D eigenvalue weighted by Gasteiger charge is -2.17. The van der Waals surface area contributed by atoms with Gasteiger partial charge in [-0.1, -0.05) is 0 Å². The molecule has 0 heterocycles. The van der Waals surface area contributed by atoms with Crippen LogP contribution >= 0.6 is 15.9 Å². The number of hydrogen-bond acceptors (Lipinski definition) is 2. The van der Waals surface area contributed by atoms with Crippen LogP contribution in [0.3, 0.4) is 0 Å². The first-order chi connectivity index (χ1) is 6.99. The van der Waals surface area contributed by atoms with Crippen LogP contribution in [-0.4, -0.2) is 7.11 Å². The van der Waals surface area contributed by atoms with Crippen molar-refractivity contribution in [3.63, 3.8) is 0 Å². The SMILES string of the molecule is COc1c(C2(N)CC2)cc(Br)c(F)c1C. The van der Waals surface area contributed by atoms with Gasteiger partial charge in [-0.25, -0.2) is 4.39 Å². The third-order valence-corrected chi connectivity index (χ3v) is 3.50. The smallest absolute Gasteiger partial charge is 0.143 e. The Morgan fingerprint density at radius 3 is 2.60 bits per heavy atom. The number of benzene rings is 1. The van der Waals surface area contributed by atoms with Crippen LogP contribution in [0.1, 0.15) is 24.0 Å². The van der Waals surface area contributed by atoms with Crippen molar-refractivity contribution in [2.45, 2.75) is 25.3 Å². The maximum absolute atomic E-state index is 13.6. The molecule has 82 valence electrons. The van der Waals surface area contributed by atoms with Gasteiger partial charge in [0.15, 0.2) is 0 Å². The Morgan fingerprint density at radius 2 is 2.13 bits per heavy atom. The summed E-state index contributed by atoms with van der Waals surface area (Å²) in [6.45, 7) is 1.70. The topological polar surface area (TPSA) is 35.2 Å². The van der Waals surface area contributed by atoms with Gasteiger partial charge in [0.05, 0.1) is 11.6 Å². The van der Waals surface area contributed by atoms with E-state index in [0.29, 0.717) is 15.8 Å². The van der Waals surface area contributed by atoms with Crippen molar-refractivity contribution in [3.05, 3.63) is 27.5 Å². The zero-order chi connectivity index (χ0) is 11.2. The molecule has 0 atom stereocenters. The maximum Gasteiger partial charge on any atom is 0.143 e. The fraction of sp³-hybridized carbons (Fsp3) is 0.455. The van der Waals surface area contributed by atoms with Crippen LogP contribution in [0.4, 0.5) is 4.39 Å². The Kier molecular flexibility index (Phi) is 2.51. The zero-order valence-electron chi connectivity index (χ0n) is 8.73. The molecule has 0 saturated heterocycles. The summed E-state index contributed by atoms with van der Waals surface area (Å²) in [6, 6.07) is 1.73. The standard InChI is InChI=1S/C11H13BrFNO/c1-6-9(13)8(12)5-7(10(6)15-2)11(14)3-4-11/h5H,3-4,14H2,1-2H3. The van der Waals surface area contributed by atoms with Gasteiger partial charge in [-0.3, -0.25) is 0 Å². The van der Waals surface area contributed by atoms with E-state index in [2.05, 4.69) is 15.9 Å². The number of nitrogens with two attached hydrogens (primary N) is 1. The summed E-state index contributed by atoms with van der Waals surface area (Å²) >= 11 is 3.19. The molecule has 4 heteroatoms. The first-order valence-corrected chi connectivity index (χ1v) is 5.61. The number of halogens is 2. The third kappa shape index (κ3) is 1.66. The van der Waals surface area contributed by atoms with Gasteiger partial charge in [-0.15, -0.1) is 0 Å². The lowest BCUT2D eigenvalue weighted by atomic mass is 10.0. The molecule has 1 saturated carbocycles. The normalized spacial score (nSPS) is 17.7. The van der Waals surface area contributed by atoms with Crippen LogP contribution in [-0.2, 0) is 5.54 Å². The van der Waals surface area contributed by atoms with Crippen molar-refractivity contribution in [3.8, 4) is 5.75 Å². The van der Waals surface area contributed by atoms with Gasteiger partial charge in [0, 0.05) is 16.7 Å². The van der Waals surface area contributed by atoms with Crippen LogP contribution < -0.4 is 10.5 Å². The first-order valence-electron chi connectivity index (χ1n) is 4.81. The molecule has 0 aliphatic heterocycles. The maximum atomic E-state index is 13.6. The molecule has 0 unspecified atom stereocenters. The molecule has 0 bridgehead atoms. The van der Waals surface area contributed by atoms with Gasteiger partial charge in [0.25, 0.3) is 0 Å². The van der Waals surface area contributed by atoms with E-state index in [1.807, 2.05) is 0 Å². The monoisotopic (exact) mass is 273 g/mol. The second-order valence-corrected chi connectivity index (χ2v) is 4.89. The Bertz CT molecular complexity index is 416. The highest BCUT2D eigenvalue weighted by Crippen LogP contribution is 2.48. The molecule has 0 spiro atoms. The van der Waals surface area contributed by atoms with E-state index in [-0.39, 0.29) is 11.4 Å². The van der Waals surface area contributed by atoms with Crippen molar-refractivity contribution < 1.29 is 9.13 Å². The van der Waals surface area contributed by atoms with Crippen molar-refractivity contribution in [1.82, 2.24) is 0 Å². The molecular weight excluding hydrogens is 261 g/mol. The lowest BCUT2D eigenvalue weighted by Crippen LogP contribution is -2.20. The molecule has 1 aromatic rings. The Hall–Kier alpha value is -0.610. The average molecular weight is 274 g/mol. The average Bonchev–Trinajstić information content (AvgIpc) is 2.94. The van der Waals surface area contributed by atoms with E-state index < -0.39 is 0 Å². The van der Waals surface area contributed by atoms with Crippen LogP contribution in [0.2, 0.25) is 0 Å². The van der Waals surface area contributed by atoms with Gasteiger partial charge in [0.2, 0.25) is 0 Å². The second-order valence-electron chi connectivity index (χ2n) is 4.03. The summed E-state index contributed by atoms with van der Waals surface area (Å²) < 4.78 is 19.3. The minimum atomic E-state index is -0.313. The predicted octanol–water partition coefficient (Wildman–Crippen LogP) is 2.85. The quantitative estimate of drug-likeness (QED) is 0.900. The van der Waals surface area contributed by atoms with Crippen LogP contribution in [0.15, 0.2) is 10.5 Å². The van der Waals surface area contributed by atoms with Crippen LogP contribution in [0, 0.1) is 12.7 Å². The summed E-state index contributed by atoms with van der Waals surface area (Å²) in [5.74, 6) is 0.301. The molecule has 1 aliphatic rings. The largest absolute Gasteiger partial charge is 0.496 e. The van der Waals surface area contributed by atoms with Gasteiger partial charge < -0.3 is 10.5 Å². The highest BCUT2D eigenvalue weighted by Gasteiger charge is 2.43. The first kappa shape index (κ1) is 10.9. The van der Waals surface area contributed by atoms with Crippen molar-refractivity contribution in [2.75, 3.05) is 7.11 Å².